The molecule has 0 radical (unpaired) electrons. The summed E-state index contributed by atoms with van der Waals surface area (Å²) in [5.74, 6) is -0.246. The van der Waals surface area contributed by atoms with Crippen LogP contribution in [0.15, 0.2) is 10.5 Å². The molecule has 0 aliphatic heterocycles. The van der Waals surface area contributed by atoms with Crippen molar-refractivity contribution in [3.63, 3.8) is 0 Å². The summed E-state index contributed by atoms with van der Waals surface area (Å²) in [4.78, 5) is 10.9. The van der Waals surface area contributed by atoms with E-state index in [1.54, 1.807) is 13.0 Å². The number of aryl methyl sites for hydroxylation is 1. The lowest BCUT2D eigenvalue weighted by Gasteiger charge is -2.16. The van der Waals surface area contributed by atoms with Crippen molar-refractivity contribution >= 4 is 5.97 Å². The molecular weight excluding hydrogens is 242 g/mol. The predicted molar refractivity (Wildman–Crippen MR) is 75.5 cm³/mol. The molecular formula is C15H25NO3. The summed E-state index contributed by atoms with van der Waals surface area (Å²) in [6, 6.07) is 2.29. The molecule has 108 valence electrons. The molecule has 4 nitrogen and oxygen atoms in total. The zero-order chi connectivity index (χ0) is 14.3. The van der Waals surface area contributed by atoms with Crippen LogP contribution < -0.4 is 5.32 Å². The molecule has 0 saturated carbocycles. The number of aromatic carboxylic acids is 1. The SMILES string of the molecule is CCCCC(CCC)NCc1cc(C)c(C(=O)O)o1. The van der Waals surface area contributed by atoms with Crippen LogP contribution >= 0.6 is 0 Å². The number of rotatable bonds is 9. The van der Waals surface area contributed by atoms with Gasteiger partial charge in [-0.15, -0.1) is 0 Å². The maximum Gasteiger partial charge on any atom is 0.372 e. The summed E-state index contributed by atoms with van der Waals surface area (Å²) < 4.78 is 5.35. The maximum atomic E-state index is 10.9. The number of carboxylic acid groups (broad SMARTS) is 1. The Bertz CT molecular complexity index is 398. The smallest absolute Gasteiger partial charge is 0.372 e. The van der Waals surface area contributed by atoms with Gasteiger partial charge in [-0.25, -0.2) is 4.79 Å². The van der Waals surface area contributed by atoms with E-state index in [4.69, 9.17) is 9.52 Å². The topological polar surface area (TPSA) is 62.5 Å². The lowest BCUT2D eigenvalue weighted by atomic mass is 10.1. The van der Waals surface area contributed by atoms with Gasteiger partial charge in [-0.3, -0.25) is 0 Å². The fourth-order valence-corrected chi connectivity index (χ4v) is 2.24. The van der Waals surface area contributed by atoms with E-state index in [2.05, 4.69) is 19.2 Å². The highest BCUT2D eigenvalue weighted by atomic mass is 16.4. The summed E-state index contributed by atoms with van der Waals surface area (Å²) in [5, 5.41) is 12.4. The second kappa shape index (κ2) is 8.00. The molecule has 1 unspecified atom stereocenters. The molecule has 1 rings (SSSR count). The number of hydrogen-bond acceptors (Lipinski definition) is 3. The van der Waals surface area contributed by atoms with Crippen LogP contribution in [0, 0.1) is 6.92 Å². The zero-order valence-electron chi connectivity index (χ0n) is 12.2. The van der Waals surface area contributed by atoms with Crippen LogP contribution in [0.25, 0.3) is 0 Å². The number of nitrogens with one attached hydrogen (secondary N) is 1. The fourth-order valence-electron chi connectivity index (χ4n) is 2.24. The second-order valence-corrected chi connectivity index (χ2v) is 5.04. The Morgan fingerprint density at radius 1 is 1.37 bits per heavy atom. The van der Waals surface area contributed by atoms with Crippen LogP contribution in [0.1, 0.15) is 67.8 Å². The molecule has 1 aromatic heterocycles. The quantitative estimate of drug-likeness (QED) is 0.715. The third kappa shape index (κ3) is 5.07. The van der Waals surface area contributed by atoms with Gasteiger partial charge in [-0.05, 0) is 25.8 Å². The average Bonchev–Trinajstić information content (AvgIpc) is 2.74. The zero-order valence-corrected chi connectivity index (χ0v) is 12.2. The maximum absolute atomic E-state index is 10.9. The molecule has 0 spiro atoms. The standard InChI is InChI=1S/C15H25NO3/c1-4-6-8-12(7-5-2)16-10-13-9-11(3)14(19-13)15(17)18/h9,12,16H,4-8,10H2,1-3H3,(H,17,18). The van der Waals surface area contributed by atoms with E-state index in [0.29, 0.717) is 23.9 Å². The Balaban J connectivity index is 2.53. The normalized spacial score (nSPS) is 12.6. The minimum atomic E-state index is -1.00. The van der Waals surface area contributed by atoms with Gasteiger partial charge in [0.2, 0.25) is 5.76 Å². The van der Waals surface area contributed by atoms with Crippen LogP contribution in [-0.2, 0) is 6.54 Å². The van der Waals surface area contributed by atoms with E-state index in [9.17, 15) is 4.79 Å². The minimum Gasteiger partial charge on any atom is -0.475 e. The number of hydrogen-bond donors (Lipinski definition) is 2. The largest absolute Gasteiger partial charge is 0.475 e. The van der Waals surface area contributed by atoms with Gasteiger partial charge in [0.05, 0.1) is 6.54 Å². The van der Waals surface area contributed by atoms with Crippen molar-refractivity contribution in [3.05, 3.63) is 23.2 Å². The number of carboxylic acids is 1. The Morgan fingerprint density at radius 3 is 2.63 bits per heavy atom. The van der Waals surface area contributed by atoms with Gasteiger partial charge in [0, 0.05) is 11.6 Å². The van der Waals surface area contributed by atoms with Crippen LogP contribution in [-0.4, -0.2) is 17.1 Å². The van der Waals surface area contributed by atoms with Crippen LogP contribution in [0.5, 0.6) is 0 Å². The van der Waals surface area contributed by atoms with Crippen LogP contribution in [0.4, 0.5) is 0 Å². The molecule has 1 aromatic rings. The molecule has 0 saturated heterocycles. The van der Waals surface area contributed by atoms with Crippen molar-refractivity contribution in [1.29, 1.82) is 0 Å². The average molecular weight is 267 g/mol. The van der Waals surface area contributed by atoms with E-state index in [-0.39, 0.29) is 5.76 Å². The molecule has 0 aliphatic rings. The van der Waals surface area contributed by atoms with Crippen molar-refractivity contribution in [3.8, 4) is 0 Å². The molecule has 0 aromatic carbocycles. The first-order chi connectivity index (χ1) is 9.08. The Kier molecular flexibility index (Phi) is 6.64. The molecule has 0 amide bonds. The van der Waals surface area contributed by atoms with E-state index >= 15 is 0 Å². The first-order valence-corrected chi connectivity index (χ1v) is 7.14. The Morgan fingerprint density at radius 2 is 2.11 bits per heavy atom. The molecule has 4 heteroatoms. The molecule has 0 fully saturated rings. The predicted octanol–water partition coefficient (Wildman–Crippen LogP) is 3.73. The van der Waals surface area contributed by atoms with E-state index in [0.717, 1.165) is 19.3 Å². The van der Waals surface area contributed by atoms with Gasteiger partial charge in [-0.2, -0.15) is 0 Å². The number of unbranched alkanes of at least 4 members (excludes halogenated alkanes) is 1. The summed E-state index contributed by atoms with van der Waals surface area (Å²) in [7, 11) is 0. The highest BCUT2D eigenvalue weighted by Crippen LogP contribution is 2.15. The van der Waals surface area contributed by atoms with Crippen LogP contribution in [0.2, 0.25) is 0 Å². The van der Waals surface area contributed by atoms with Gasteiger partial charge in [0.15, 0.2) is 0 Å². The van der Waals surface area contributed by atoms with Crippen molar-refractivity contribution in [2.45, 2.75) is 65.5 Å². The summed E-state index contributed by atoms with van der Waals surface area (Å²) >= 11 is 0. The van der Waals surface area contributed by atoms with E-state index in [1.165, 1.54) is 12.8 Å². The third-order valence-corrected chi connectivity index (χ3v) is 3.27. The summed E-state index contributed by atoms with van der Waals surface area (Å²) in [6.07, 6.45) is 5.88. The molecule has 1 heterocycles. The van der Waals surface area contributed by atoms with Gasteiger partial charge in [0.1, 0.15) is 5.76 Å². The lowest BCUT2D eigenvalue weighted by molar-refractivity contribution is 0.0659. The van der Waals surface area contributed by atoms with Crippen molar-refractivity contribution in [2.75, 3.05) is 0 Å². The van der Waals surface area contributed by atoms with Crippen LogP contribution in [0.3, 0.4) is 0 Å². The number of furan rings is 1. The molecule has 19 heavy (non-hydrogen) atoms. The summed E-state index contributed by atoms with van der Waals surface area (Å²) in [6.45, 7) is 6.73. The lowest BCUT2D eigenvalue weighted by Crippen LogP contribution is -2.28. The van der Waals surface area contributed by atoms with Gasteiger partial charge in [0.25, 0.3) is 0 Å². The first kappa shape index (κ1) is 15.8. The van der Waals surface area contributed by atoms with E-state index < -0.39 is 5.97 Å². The Labute approximate surface area is 115 Å². The van der Waals surface area contributed by atoms with Gasteiger partial charge in [-0.1, -0.05) is 33.1 Å². The van der Waals surface area contributed by atoms with Crippen molar-refractivity contribution < 1.29 is 14.3 Å². The fraction of sp³-hybridized carbons (Fsp3) is 0.667. The molecule has 0 bridgehead atoms. The monoisotopic (exact) mass is 267 g/mol. The Hall–Kier alpha value is -1.29. The highest BCUT2D eigenvalue weighted by Gasteiger charge is 2.15. The van der Waals surface area contributed by atoms with E-state index in [1.807, 2.05) is 0 Å². The van der Waals surface area contributed by atoms with Gasteiger partial charge >= 0.3 is 5.97 Å². The second-order valence-electron chi connectivity index (χ2n) is 5.04. The van der Waals surface area contributed by atoms with Crippen molar-refractivity contribution in [1.82, 2.24) is 5.32 Å². The molecule has 0 aliphatic carbocycles. The highest BCUT2D eigenvalue weighted by molar-refractivity contribution is 5.86. The number of carbonyl (C=O) groups is 1. The summed E-state index contributed by atoms with van der Waals surface area (Å²) in [5.41, 5.74) is 0.685. The third-order valence-electron chi connectivity index (χ3n) is 3.27. The molecule has 2 N–H and O–H groups in total. The van der Waals surface area contributed by atoms with Gasteiger partial charge < -0.3 is 14.8 Å². The van der Waals surface area contributed by atoms with Crippen molar-refractivity contribution in [2.24, 2.45) is 0 Å². The first-order valence-electron chi connectivity index (χ1n) is 7.14. The minimum absolute atomic E-state index is 0.0531. The molecule has 1 atom stereocenters.